The van der Waals surface area contributed by atoms with Crippen LogP contribution in [0.4, 0.5) is 51.8 Å². The molecule has 17 heteroatoms. The molecular formula is C5H11B3F12NS-3. The van der Waals surface area contributed by atoms with Crippen LogP contribution in [0.15, 0.2) is 0 Å². The first-order valence-corrected chi connectivity index (χ1v) is 6.43. The van der Waals surface area contributed by atoms with Crippen molar-refractivity contribution in [3.05, 3.63) is 0 Å². The fourth-order valence-electron chi connectivity index (χ4n) is 0.655. The minimum atomic E-state index is -6.00. The van der Waals surface area contributed by atoms with Crippen LogP contribution in [-0.4, -0.2) is 58.3 Å². The Balaban J connectivity index is -0.000000223. The maximum atomic E-state index is 9.75. The third-order valence-electron chi connectivity index (χ3n) is 1.23. The highest BCUT2D eigenvalue weighted by Crippen LogP contribution is 2.07. The van der Waals surface area contributed by atoms with Gasteiger partial charge in [0.25, 0.3) is 0 Å². The van der Waals surface area contributed by atoms with Crippen molar-refractivity contribution in [1.82, 2.24) is 4.90 Å². The van der Waals surface area contributed by atoms with E-state index in [2.05, 4.69) is 23.7 Å². The molecule has 1 rings (SSSR count). The van der Waals surface area contributed by atoms with Crippen LogP contribution in [0.25, 0.3) is 0 Å². The quantitative estimate of drug-likeness (QED) is 0.449. The molecule has 0 aliphatic carbocycles. The first kappa shape index (κ1) is 26.6. The lowest BCUT2D eigenvalue weighted by molar-refractivity contribution is 0.366. The summed E-state index contributed by atoms with van der Waals surface area (Å²) in [6.07, 6.45) is 0. The second kappa shape index (κ2) is 12.1. The molecule has 0 aromatic rings. The maximum Gasteiger partial charge on any atom is 0.673 e. The molecule has 1 aliphatic rings. The molecular weight excluding hydrogens is 367 g/mol. The first-order valence-electron chi connectivity index (χ1n) is 5.28. The summed E-state index contributed by atoms with van der Waals surface area (Å²) in [7, 11) is -15.8. The lowest BCUT2D eigenvalue weighted by Gasteiger charge is -2.20. The van der Waals surface area contributed by atoms with E-state index in [4.69, 9.17) is 0 Å². The molecule has 0 spiro atoms. The monoisotopic (exact) mass is 378 g/mol. The Morgan fingerprint density at radius 3 is 0.864 bits per heavy atom. The van der Waals surface area contributed by atoms with Crippen molar-refractivity contribution in [1.29, 1.82) is 0 Å². The number of nitrogens with zero attached hydrogens (tertiary/aromatic N) is 1. The smallest absolute Gasteiger partial charge is 0.418 e. The molecule has 0 atom stereocenters. The van der Waals surface area contributed by atoms with Crippen LogP contribution in [-0.2, 0) is 0 Å². The molecule has 1 aliphatic heterocycles. The lowest BCUT2D eigenvalue weighted by Crippen LogP contribution is -2.28. The lowest BCUT2D eigenvalue weighted by atomic mass is 10.3. The van der Waals surface area contributed by atoms with Gasteiger partial charge in [0.05, 0.1) is 0 Å². The van der Waals surface area contributed by atoms with E-state index in [1.165, 1.54) is 24.6 Å². The second-order valence-electron chi connectivity index (χ2n) is 3.40. The second-order valence-corrected chi connectivity index (χ2v) is 4.63. The molecule has 0 aromatic heterocycles. The Bertz CT molecular complexity index is 202. The molecule has 1 nitrogen and oxygen atoms in total. The van der Waals surface area contributed by atoms with Crippen LogP contribution < -0.4 is 0 Å². The van der Waals surface area contributed by atoms with E-state index < -0.39 is 21.8 Å². The minimum absolute atomic E-state index is 1.28. The molecule has 1 saturated heterocycles. The van der Waals surface area contributed by atoms with Crippen molar-refractivity contribution < 1.29 is 51.8 Å². The minimum Gasteiger partial charge on any atom is -0.418 e. The Morgan fingerprint density at radius 1 is 0.591 bits per heavy atom. The molecule has 0 saturated carbocycles. The number of halogens is 12. The molecule has 22 heavy (non-hydrogen) atoms. The van der Waals surface area contributed by atoms with Crippen LogP contribution in [0.1, 0.15) is 0 Å². The molecule has 0 unspecified atom stereocenters. The average Bonchev–Trinajstić information content (AvgIpc) is 2.09. The van der Waals surface area contributed by atoms with Gasteiger partial charge in [-0.05, 0) is 7.05 Å². The molecule has 0 bridgehead atoms. The molecule has 1 heterocycles. The number of hydrogen-bond acceptors (Lipinski definition) is 2. The molecule has 0 radical (unpaired) electrons. The number of thioether (sulfide) groups is 1. The molecule has 0 aromatic carbocycles. The fraction of sp³-hybridized carbons (Fsp3) is 1.00. The standard InChI is InChI=1S/C5H11NS.3BF4/c1-6-2-4-7-5-3-6;3*2-1(3,4)5/h2-5H2,1H3;;;/q;3*-1. The van der Waals surface area contributed by atoms with Crippen molar-refractivity contribution in [3.8, 4) is 0 Å². The van der Waals surface area contributed by atoms with Crippen molar-refractivity contribution >= 4 is 33.5 Å². The van der Waals surface area contributed by atoms with Crippen molar-refractivity contribution in [2.75, 3.05) is 31.6 Å². The van der Waals surface area contributed by atoms with E-state index in [-0.39, 0.29) is 0 Å². The first-order chi connectivity index (χ1) is 9.39. The normalized spacial score (nSPS) is 16.2. The summed E-state index contributed by atoms with van der Waals surface area (Å²) < 4.78 is 117. The van der Waals surface area contributed by atoms with Crippen LogP contribution >= 0.6 is 11.8 Å². The molecule has 138 valence electrons. The Labute approximate surface area is 123 Å². The Hall–Kier alpha value is -0.335. The Kier molecular flexibility index (Phi) is 14.6. The van der Waals surface area contributed by atoms with Crippen LogP contribution in [0.2, 0.25) is 0 Å². The van der Waals surface area contributed by atoms with E-state index in [0.717, 1.165) is 0 Å². The topological polar surface area (TPSA) is 3.24 Å². The van der Waals surface area contributed by atoms with Crippen molar-refractivity contribution in [3.63, 3.8) is 0 Å². The predicted molar refractivity (Wildman–Crippen MR) is 65.4 cm³/mol. The fourth-order valence-corrected chi connectivity index (χ4v) is 1.74. The van der Waals surface area contributed by atoms with E-state index in [1.54, 1.807) is 0 Å². The predicted octanol–water partition coefficient (Wildman–Crippen LogP) is 4.57. The van der Waals surface area contributed by atoms with Crippen LogP contribution in [0.3, 0.4) is 0 Å². The molecule has 0 amide bonds. The van der Waals surface area contributed by atoms with Crippen LogP contribution in [0.5, 0.6) is 0 Å². The van der Waals surface area contributed by atoms with Gasteiger partial charge in [0.1, 0.15) is 0 Å². The third kappa shape index (κ3) is 117. The van der Waals surface area contributed by atoms with Crippen LogP contribution in [0, 0.1) is 0 Å². The van der Waals surface area contributed by atoms with Gasteiger partial charge in [-0.2, -0.15) is 11.8 Å². The average molecular weight is 378 g/mol. The highest BCUT2D eigenvalue weighted by Gasteiger charge is 2.21. The zero-order valence-corrected chi connectivity index (χ0v) is 11.8. The highest BCUT2D eigenvalue weighted by atomic mass is 32.2. The number of hydrogen-bond donors (Lipinski definition) is 0. The van der Waals surface area contributed by atoms with Gasteiger partial charge in [0.2, 0.25) is 0 Å². The summed E-state index contributed by atoms with van der Waals surface area (Å²) in [4.78, 5) is 2.37. The molecule has 0 N–H and O–H groups in total. The zero-order valence-electron chi connectivity index (χ0n) is 11.0. The SMILES string of the molecule is CN1CCSCC1.F[B-](F)(F)F.F[B-](F)(F)F.F[B-](F)(F)F. The molecule has 1 fully saturated rings. The van der Waals surface area contributed by atoms with Crippen molar-refractivity contribution in [2.45, 2.75) is 0 Å². The van der Waals surface area contributed by atoms with E-state index in [1.807, 2.05) is 0 Å². The third-order valence-corrected chi connectivity index (χ3v) is 2.18. The van der Waals surface area contributed by atoms with Gasteiger partial charge in [-0.25, -0.2) is 0 Å². The Morgan fingerprint density at radius 2 is 0.773 bits per heavy atom. The van der Waals surface area contributed by atoms with Gasteiger partial charge in [-0.15, -0.1) is 0 Å². The van der Waals surface area contributed by atoms with Gasteiger partial charge < -0.3 is 56.7 Å². The summed E-state index contributed by atoms with van der Waals surface area (Å²) in [5, 5.41) is 0. The van der Waals surface area contributed by atoms with Crippen molar-refractivity contribution in [2.24, 2.45) is 0 Å². The van der Waals surface area contributed by atoms with Gasteiger partial charge in [-0.1, -0.05) is 0 Å². The van der Waals surface area contributed by atoms with E-state index in [9.17, 15) is 51.8 Å². The summed E-state index contributed by atoms with van der Waals surface area (Å²) >= 11 is 2.06. The van der Waals surface area contributed by atoms with Gasteiger partial charge in [0.15, 0.2) is 0 Å². The van der Waals surface area contributed by atoms with E-state index >= 15 is 0 Å². The van der Waals surface area contributed by atoms with Gasteiger partial charge >= 0.3 is 21.8 Å². The zero-order chi connectivity index (χ0) is 18.6. The summed E-state index contributed by atoms with van der Waals surface area (Å²) in [6.45, 7) is 2.56. The maximum absolute atomic E-state index is 9.75. The van der Waals surface area contributed by atoms with E-state index in [0.29, 0.717) is 0 Å². The largest absolute Gasteiger partial charge is 0.673 e. The summed E-state index contributed by atoms with van der Waals surface area (Å²) in [5.41, 5.74) is 0. The number of rotatable bonds is 0. The summed E-state index contributed by atoms with van der Waals surface area (Å²) in [5.74, 6) is 2.66. The van der Waals surface area contributed by atoms with Gasteiger partial charge in [-0.3, -0.25) is 0 Å². The highest BCUT2D eigenvalue weighted by molar-refractivity contribution is 7.99. The van der Waals surface area contributed by atoms with Gasteiger partial charge in [0, 0.05) is 24.6 Å². The summed E-state index contributed by atoms with van der Waals surface area (Å²) in [6, 6.07) is 0.